The molecule has 1 aromatic carbocycles. The summed E-state index contributed by atoms with van der Waals surface area (Å²) in [4.78, 5) is 16.3. The molecule has 0 fully saturated rings. The zero-order valence-electron chi connectivity index (χ0n) is 17.1. The van der Waals surface area contributed by atoms with Crippen LogP contribution in [0.3, 0.4) is 0 Å². The number of carbonyl (C=O) groups is 1. The van der Waals surface area contributed by atoms with Crippen LogP contribution in [0.25, 0.3) is 0 Å². The number of aliphatic imine (C=N–C) groups is 1. The van der Waals surface area contributed by atoms with Gasteiger partial charge in [-0.05, 0) is 44.4 Å². The second-order valence-corrected chi connectivity index (χ2v) is 6.65. The molecule has 0 spiro atoms. The van der Waals surface area contributed by atoms with Crippen LogP contribution in [0.15, 0.2) is 29.3 Å². The highest BCUT2D eigenvalue weighted by atomic mass is 16.5. The molecule has 4 N–H and O–H groups in total. The Morgan fingerprint density at radius 2 is 1.89 bits per heavy atom. The van der Waals surface area contributed by atoms with Crippen molar-refractivity contribution in [2.24, 2.45) is 10.7 Å². The van der Waals surface area contributed by atoms with Gasteiger partial charge in [-0.15, -0.1) is 0 Å². The summed E-state index contributed by atoms with van der Waals surface area (Å²) < 4.78 is 5.43. The highest BCUT2D eigenvalue weighted by Gasteiger charge is 2.09. The monoisotopic (exact) mass is 376 g/mol. The lowest BCUT2D eigenvalue weighted by Crippen LogP contribution is -2.32. The van der Waals surface area contributed by atoms with Gasteiger partial charge in [-0.2, -0.15) is 0 Å². The number of amides is 1. The van der Waals surface area contributed by atoms with Crippen LogP contribution < -0.4 is 21.1 Å². The van der Waals surface area contributed by atoms with Crippen molar-refractivity contribution in [1.29, 1.82) is 0 Å². The molecular formula is C21H36N4O2. The zero-order chi connectivity index (χ0) is 19.9. The third kappa shape index (κ3) is 10.5. The summed E-state index contributed by atoms with van der Waals surface area (Å²) in [5.41, 5.74) is 6.88. The van der Waals surface area contributed by atoms with Gasteiger partial charge in [0.05, 0.1) is 12.6 Å². The number of nitrogens with zero attached hydrogens (tertiary/aromatic N) is 1. The summed E-state index contributed by atoms with van der Waals surface area (Å²) in [6.07, 6.45) is 5.92. The van der Waals surface area contributed by atoms with E-state index in [9.17, 15) is 4.79 Å². The molecule has 0 heterocycles. The van der Waals surface area contributed by atoms with E-state index in [-0.39, 0.29) is 11.9 Å². The van der Waals surface area contributed by atoms with Crippen molar-refractivity contribution in [3.8, 4) is 5.75 Å². The molecule has 0 aliphatic carbocycles. The van der Waals surface area contributed by atoms with E-state index in [1.165, 1.54) is 19.3 Å². The van der Waals surface area contributed by atoms with Crippen molar-refractivity contribution >= 4 is 11.9 Å². The number of hydrogen-bond donors (Lipinski definition) is 3. The van der Waals surface area contributed by atoms with Gasteiger partial charge in [-0.25, -0.2) is 0 Å². The lowest BCUT2D eigenvalue weighted by Gasteiger charge is -2.15. The molecule has 1 amide bonds. The maximum atomic E-state index is 12.1. The molecule has 0 saturated carbocycles. The average molecular weight is 377 g/mol. The fourth-order valence-corrected chi connectivity index (χ4v) is 2.68. The van der Waals surface area contributed by atoms with Gasteiger partial charge in [0, 0.05) is 19.5 Å². The largest absolute Gasteiger partial charge is 0.494 e. The Hall–Kier alpha value is -2.24. The van der Waals surface area contributed by atoms with E-state index in [0.717, 1.165) is 24.3 Å². The maximum Gasteiger partial charge on any atom is 0.220 e. The van der Waals surface area contributed by atoms with Crippen molar-refractivity contribution in [2.45, 2.75) is 65.3 Å². The number of carbonyl (C=O) groups excluding carboxylic acids is 1. The molecule has 0 radical (unpaired) electrons. The van der Waals surface area contributed by atoms with Gasteiger partial charge in [0.25, 0.3) is 0 Å². The Bertz CT molecular complexity index is 558. The molecule has 1 aromatic rings. The molecule has 0 saturated heterocycles. The topological polar surface area (TPSA) is 88.7 Å². The van der Waals surface area contributed by atoms with Crippen LogP contribution in [0.4, 0.5) is 0 Å². The van der Waals surface area contributed by atoms with Gasteiger partial charge in [0.1, 0.15) is 5.75 Å². The second-order valence-electron chi connectivity index (χ2n) is 6.65. The number of benzene rings is 1. The first kappa shape index (κ1) is 22.8. The smallest absolute Gasteiger partial charge is 0.220 e. The van der Waals surface area contributed by atoms with E-state index in [4.69, 9.17) is 10.5 Å². The third-order valence-electron chi connectivity index (χ3n) is 4.25. The number of unbranched alkanes of at least 4 members (excludes halogenated alkanes) is 3. The summed E-state index contributed by atoms with van der Waals surface area (Å²) in [5.74, 6) is 1.33. The van der Waals surface area contributed by atoms with Crippen LogP contribution in [-0.2, 0) is 4.79 Å². The molecule has 0 aliphatic heterocycles. The van der Waals surface area contributed by atoms with Crippen LogP contribution in [0, 0.1) is 0 Å². The highest BCUT2D eigenvalue weighted by molar-refractivity contribution is 5.78. The minimum atomic E-state index is -0.0356. The van der Waals surface area contributed by atoms with E-state index in [1.54, 1.807) is 0 Å². The quantitative estimate of drug-likeness (QED) is 0.279. The van der Waals surface area contributed by atoms with E-state index < -0.39 is 0 Å². The van der Waals surface area contributed by atoms with Gasteiger partial charge in [-0.1, -0.05) is 38.3 Å². The molecule has 0 bridgehead atoms. The molecular weight excluding hydrogens is 340 g/mol. The van der Waals surface area contributed by atoms with Crippen LogP contribution in [0.1, 0.15) is 70.9 Å². The van der Waals surface area contributed by atoms with E-state index >= 15 is 0 Å². The van der Waals surface area contributed by atoms with Crippen molar-refractivity contribution in [3.05, 3.63) is 29.8 Å². The Balaban J connectivity index is 2.21. The molecule has 0 aliphatic rings. The average Bonchev–Trinajstić information content (AvgIpc) is 2.66. The van der Waals surface area contributed by atoms with Crippen molar-refractivity contribution in [3.63, 3.8) is 0 Å². The van der Waals surface area contributed by atoms with Crippen LogP contribution >= 0.6 is 0 Å². The number of ether oxygens (including phenoxy) is 1. The first-order valence-corrected chi connectivity index (χ1v) is 10.1. The van der Waals surface area contributed by atoms with Gasteiger partial charge in [0.2, 0.25) is 5.91 Å². The number of guanidine groups is 1. The van der Waals surface area contributed by atoms with Crippen molar-refractivity contribution < 1.29 is 9.53 Å². The first-order valence-electron chi connectivity index (χ1n) is 10.1. The molecule has 6 nitrogen and oxygen atoms in total. The van der Waals surface area contributed by atoms with E-state index in [2.05, 4.69) is 22.5 Å². The molecule has 152 valence electrons. The molecule has 1 unspecified atom stereocenters. The lowest BCUT2D eigenvalue weighted by atomic mass is 10.1. The molecule has 0 aromatic heterocycles. The van der Waals surface area contributed by atoms with E-state index in [1.807, 2.05) is 38.1 Å². The maximum absolute atomic E-state index is 12.1. The lowest BCUT2D eigenvalue weighted by molar-refractivity contribution is -0.121. The summed E-state index contributed by atoms with van der Waals surface area (Å²) in [5, 5.41) is 6.13. The predicted octanol–water partition coefficient (Wildman–Crippen LogP) is 3.53. The minimum absolute atomic E-state index is 0.0256. The summed E-state index contributed by atoms with van der Waals surface area (Å²) in [6, 6.07) is 7.77. The summed E-state index contributed by atoms with van der Waals surface area (Å²) >= 11 is 0. The summed E-state index contributed by atoms with van der Waals surface area (Å²) in [7, 11) is 0. The molecule has 27 heavy (non-hydrogen) atoms. The molecule has 6 heteroatoms. The van der Waals surface area contributed by atoms with Gasteiger partial charge >= 0.3 is 0 Å². The number of nitrogens with two attached hydrogens (primary N) is 1. The minimum Gasteiger partial charge on any atom is -0.494 e. The van der Waals surface area contributed by atoms with Crippen LogP contribution in [0.2, 0.25) is 0 Å². The molecule has 1 atom stereocenters. The molecule has 1 rings (SSSR count). The Labute approximate surface area is 164 Å². The van der Waals surface area contributed by atoms with Gasteiger partial charge in [0.15, 0.2) is 5.96 Å². The predicted molar refractivity (Wildman–Crippen MR) is 112 cm³/mol. The third-order valence-corrected chi connectivity index (χ3v) is 4.25. The first-order chi connectivity index (χ1) is 13.1. The Morgan fingerprint density at radius 1 is 1.15 bits per heavy atom. The van der Waals surface area contributed by atoms with Crippen LogP contribution in [0.5, 0.6) is 5.75 Å². The Morgan fingerprint density at radius 3 is 2.56 bits per heavy atom. The zero-order valence-corrected chi connectivity index (χ0v) is 17.1. The SMILES string of the molecule is CCCCCCNC(N)=NCCCC(=O)NC(C)c1ccc(OCC)cc1. The van der Waals surface area contributed by atoms with Gasteiger partial charge < -0.3 is 21.1 Å². The Kier molecular flexibility index (Phi) is 11.7. The normalized spacial score (nSPS) is 12.5. The number of nitrogens with one attached hydrogen (secondary N) is 2. The number of hydrogen-bond acceptors (Lipinski definition) is 3. The fourth-order valence-electron chi connectivity index (χ4n) is 2.68. The highest BCUT2D eigenvalue weighted by Crippen LogP contribution is 2.17. The van der Waals surface area contributed by atoms with Crippen LogP contribution in [-0.4, -0.2) is 31.6 Å². The standard InChI is InChI=1S/C21H36N4O2/c1-4-6-7-8-15-23-21(22)24-16-9-10-20(26)25-17(3)18-11-13-19(14-12-18)27-5-2/h11-14,17H,4-10,15-16H2,1-3H3,(H,25,26)(H3,22,23,24). The van der Waals surface area contributed by atoms with Gasteiger partial charge in [-0.3, -0.25) is 9.79 Å². The van der Waals surface area contributed by atoms with Crippen molar-refractivity contribution in [1.82, 2.24) is 10.6 Å². The summed E-state index contributed by atoms with van der Waals surface area (Å²) in [6.45, 7) is 8.18. The second kappa shape index (κ2) is 13.9. The number of rotatable bonds is 13. The fraction of sp³-hybridized carbons (Fsp3) is 0.619. The van der Waals surface area contributed by atoms with E-state index in [0.29, 0.717) is 32.0 Å². The van der Waals surface area contributed by atoms with Crippen molar-refractivity contribution in [2.75, 3.05) is 19.7 Å².